The molecule has 4 heterocycles. The second-order valence-corrected chi connectivity index (χ2v) is 8.14. The topological polar surface area (TPSA) is 71.7 Å². The van der Waals surface area contributed by atoms with Crippen LogP contribution in [0.1, 0.15) is 46.9 Å². The summed E-state index contributed by atoms with van der Waals surface area (Å²) in [6, 6.07) is 1.98. The van der Waals surface area contributed by atoms with E-state index in [4.69, 9.17) is 9.26 Å². The van der Waals surface area contributed by atoms with E-state index in [1.807, 2.05) is 17.9 Å². The van der Waals surface area contributed by atoms with Crippen molar-refractivity contribution in [3.05, 3.63) is 23.0 Å². The molecule has 2 aromatic rings. The first-order valence-electron chi connectivity index (χ1n) is 10.1. The summed E-state index contributed by atoms with van der Waals surface area (Å²) in [5.74, 6) is 1.20. The van der Waals surface area contributed by atoms with Crippen LogP contribution in [0.3, 0.4) is 0 Å². The van der Waals surface area contributed by atoms with E-state index in [0.29, 0.717) is 23.1 Å². The molecule has 0 radical (unpaired) electrons. The number of rotatable bonds is 4. The lowest BCUT2D eigenvalue weighted by Crippen LogP contribution is -2.49. The fourth-order valence-electron chi connectivity index (χ4n) is 4.27. The molecule has 2 aliphatic heterocycles. The third kappa shape index (κ3) is 3.34. The second kappa shape index (κ2) is 6.87. The maximum absolute atomic E-state index is 13.3. The number of aryl methyl sites for hydroxylation is 1. The molecule has 1 atom stereocenters. The Bertz CT molecular complexity index is 846. The largest absolute Gasteiger partial charge is 0.381 e. The zero-order valence-electron chi connectivity index (χ0n) is 15.8. The van der Waals surface area contributed by atoms with Gasteiger partial charge in [-0.05, 0) is 38.2 Å². The predicted octanol–water partition coefficient (Wildman–Crippen LogP) is 2.20. The van der Waals surface area contributed by atoms with Gasteiger partial charge in [-0.3, -0.25) is 9.69 Å². The summed E-state index contributed by atoms with van der Waals surface area (Å²) in [6.07, 6.45) is 3.44. The number of piperazine rings is 1. The van der Waals surface area contributed by atoms with Gasteiger partial charge in [0.1, 0.15) is 0 Å². The first-order chi connectivity index (χ1) is 13.2. The van der Waals surface area contributed by atoms with E-state index >= 15 is 0 Å². The minimum Gasteiger partial charge on any atom is -0.381 e. The van der Waals surface area contributed by atoms with Gasteiger partial charge < -0.3 is 14.2 Å². The molecule has 1 unspecified atom stereocenters. The smallest absolute Gasteiger partial charge is 0.259 e. The van der Waals surface area contributed by atoms with E-state index in [2.05, 4.69) is 15.0 Å². The lowest BCUT2D eigenvalue weighted by Gasteiger charge is -2.35. The fraction of sp³-hybridized carbons (Fsp3) is 0.650. The quantitative estimate of drug-likeness (QED) is 0.822. The molecule has 5 rings (SSSR count). The number of pyridine rings is 1. The highest BCUT2D eigenvalue weighted by Crippen LogP contribution is 2.40. The van der Waals surface area contributed by atoms with Crippen molar-refractivity contribution >= 4 is 17.0 Å². The van der Waals surface area contributed by atoms with E-state index < -0.39 is 0 Å². The Kier molecular flexibility index (Phi) is 4.36. The summed E-state index contributed by atoms with van der Waals surface area (Å²) in [5, 5.41) is 4.82. The number of aromatic nitrogens is 2. The third-order valence-electron chi connectivity index (χ3n) is 6.06. The molecule has 7 nitrogen and oxygen atoms in total. The van der Waals surface area contributed by atoms with Gasteiger partial charge in [0, 0.05) is 50.9 Å². The van der Waals surface area contributed by atoms with Crippen molar-refractivity contribution in [2.24, 2.45) is 5.92 Å². The fourth-order valence-corrected chi connectivity index (χ4v) is 4.27. The van der Waals surface area contributed by atoms with Crippen LogP contribution in [0.25, 0.3) is 11.1 Å². The van der Waals surface area contributed by atoms with Gasteiger partial charge in [0.2, 0.25) is 0 Å². The highest BCUT2D eigenvalue weighted by molar-refractivity contribution is 6.06. The Hall–Kier alpha value is -1.99. The van der Waals surface area contributed by atoms with Crippen LogP contribution in [0.15, 0.2) is 10.6 Å². The van der Waals surface area contributed by atoms with Gasteiger partial charge in [0.15, 0.2) is 0 Å². The number of hydrogen-bond donors (Lipinski definition) is 0. The first-order valence-corrected chi connectivity index (χ1v) is 10.1. The minimum absolute atomic E-state index is 0.0828. The first kappa shape index (κ1) is 17.1. The molecule has 2 aromatic heterocycles. The number of amides is 1. The normalized spacial score (nSPS) is 24.0. The molecule has 1 amide bonds. The summed E-state index contributed by atoms with van der Waals surface area (Å²) in [4.78, 5) is 22.3. The van der Waals surface area contributed by atoms with E-state index in [1.54, 1.807) is 0 Å². The van der Waals surface area contributed by atoms with Crippen molar-refractivity contribution in [2.45, 2.75) is 32.1 Å². The summed E-state index contributed by atoms with van der Waals surface area (Å²) >= 11 is 0. The van der Waals surface area contributed by atoms with Gasteiger partial charge in [-0.15, -0.1) is 0 Å². The Balaban J connectivity index is 1.33. The van der Waals surface area contributed by atoms with Gasteiger partial charge >= 0.3 is 0 Å². The minimum atomic E-state index is 0.0828. The summed E-state index contributed by atoms with van der Waals surface area (Å²) < 4.78 is 10.9. The van der Waals surface area contributed by atoms with Crippen molar-refractivity contribution in [1.82, 2.24) is 19.9 Å². The number of fused-ring (bicyclic) bond motifs is 1. The Morgan fingerprint density at radius 2 is 2.04 bits per heavy atom. The number of carbonyl (C=O) groups excluding carboxylic acids is 1. The van der Waals surface area contributed by atoms with Crippen molar-refractivity contribution in [1.29, 1.82) is 0 Å². The average Bonchev–Trinajstić information content (AvgIpc) is 3.30. The summed E-state index contributed by atoms with van der Waals surface area (Å²) in [7, 11) is 0. The molecular formula is C20H26N4O3. The molecule has 27 heavy (non-hydrogen) atoms. The van der Waals surface area contributed by atoms with E-state index in [1.165, 1.54) is 0 Å². The summed E-state index contributed by atoms with van der Waals surface area (Å²) in [5.41, 5.74) is 2.92. The average molecular weight is 370 g/mol. The SMILES string of the molecule is Cc1noc2nc(C3CC3)cc(C(=O)N3CCN(CC4CCOC4)CC3)c12. The predicted molar refractivity (Wildman–Crippen MR) is 99.8 cm³/mol. The van der Waals surface area contributed by atoms with Crippen molar-refractivity contribution < 1.29 is 14.1 Å². The molecule has 3 aliphatic rings. The van der Waals surface area contributed by atoms with Gasteiger partial charge in [-0.25, -0.2) is 4.98 Å². The van der Waals surface area contributed by atoms with Crippen LogP contribution in [0.5, 0.6) is 0 Å². The van der Waals surface area contributed by atoms with Crippen molar-refractivity contribution in [2.75, 3.05) is 45.9 Å². The maximum atomic E-state index is 13.3. The molecular weight excluding hydrogens is 344 g/mol. The second-order valence-electron chi connectivity index (χ2n) is 8.14. The zero-order valence-corrected chi connectivity index (χ0v) is 15.8. The molecule has 0 bridgehead atoms. The molecule has 0 N–H and O–H groups in total. The Morgan fingerprint density at radius 1 is 1.22 bits per heavy atom. The van der Waals surface area contributed by atoms with E-state index in [0.717, 1.165) is 82.0 Å². The maximum Gasteiger partial charge on any atom is 0.259 e. The van der Waals surface area contributed by atoms with Crippen LogP contribution in [0.2, 0.25) is 0 Å². The monoisotopic (exact) mass is 370 g/mol. The van der Waals surface area contributed by atoms with Gasteiger partial charge in [-0.1, -0.05) is 5.16 Å². The molecule has 2 saturated heterocycles. The third-order valence-corrected chi connectivity index (χ3v) is 6.06. The number of carbonyl (C=O) groups is 1. The molecule has 144 valence electrons. The highest BCUT2D eigenvalue weighted by atomic mass is 16.5. The van der Waals surface area contributed by atoms with Crippen LogP contribution in [-0.2, 0) is 4.74 Å². The molecule has 3 fully saturated rings. The molecule has 1 saturated carbocycles. The van der Waals surface area contributed by atoms with E-state index in [9.17, 15) is 4.79 Å². The number of ether oxygens (including phenoxy) is 1. The Labute approximate surface area is 158 Å². The summed E-state index contributed by atoms with van der Waals surface area (Å²) in [6.45, 7) is 8.11. The lowest BCUT2D eigenvalue weighted by molar-refractivity contribution is 0.0613. The van der Waals surface area contributed by atoms with Crippen molar-refractivity contribution in [3.63, 3.8) is 0 Å². The molecule has 0 spiro atoms. The van der Waals surface area contributed by atoms with Gasteiger partial charge in [-0.2, -0.15) is 0 Å². The number of hydrogen-bond acceptors (Lipinski definition) is 6. The van der Waals surface area contributed by atoms with Crippen molar-refractivity contribution in [3.8, 4) is 0 Å². The molecule has 1 aliphatic carbocycles. The van der Waals surface area contributed by atoms with E-state index in [-0.39, 0.29) is 5.91 Å². The van der Waals surface area contributed by atoms with Crippen LogP contribution in [0.4, 0.5) is 0 Å². The van der Waals surface area contributed by atoms with Crippen LogP contribution in [-0.4, -0.2) is 71.8 Å². The van der Waals surface area contributed by atoms with Crippen LogP contribution >= 0.6 is 0 Å². The molecule has 0 aromatic carbocycles. The lowest BCUT2D eigenvalue weighted by atomic mass is 10.1. The highest BCUT2D eigenvalue weighted by Gasteiger charge is 2.31. The molecule has 7 heteroatoms. The number of nitrogens with zero attached hydrogens (tertiary/aromatic N) is 4. The zero-order chi connectivity index (χ0) is 18.4. The Morgan fingerprint density at radius 3 is 2.74 bits per heavy atom. The van der Waals surface area contributed by atoms with Gasteiger partial charge in [0.05, 0.1) is 23.3 Å². The van der Waals surface area contributed by atoms with Crippen LogP contribution in [0, 0.1) is 12.8 Å². The van der Waals surface area contributed by atoms with Crippen LogP contribution < -0.4 is 0 Å². The standard InChI is InChI=1S/C20H26N4O3/c1-13-18-16(10-17(15-2-3-15)21-19(18)27-22-13)20(25)24-7-5-23(6-8-24)11-14-4-9-26-12-14/h10,14-15H,2-9,11-12H2,1H3. The van der Waals surface area contributed by atoms with Gasteiger partial charge in [0.25, 0.3) is 11.6 Å².